The highest BCUT2D eigenvalue weighted by molar-refractivity contribution is 5.90. The van der Waals surface area contributed by atoms with E-state index in [2.05, 4.69) is 20.6 Å². The van der Waals surface area contributed by atoms with Crippen molar-refractivity contribution < 1.29 is 9.59 Å². The summed E-state index contributed by atoms with van der Waals surface area (Å²) in [4.78, 5) is 34.5. The van der Waals surface area contributed by atoms with Crippen molar-refractivity contribution in [2.24, 2.45) is 29.1 Å². The highest BCUT2D eigenvalue weighted by Gasteiger charge is 2.55. The SMILES string of the molecule is CC(NC(=O)C(NC(=O)C12CC3CC(CC(C3)C1)C2)C(C)C)c1nc2ccccc2[nH]1. The summed E-state index contributed by atoms with van der Waals surface area (Å²) in [5.74, 6) is 2.83. The number of aromatic amines is 1. The molecule has 4 fully saturated rings. The van der Waals surface area contributed by atoms with E-state index in [1.807, 2.05) is 45.0 Å². The smallest absolute Gasteiger partial charge is 0.243 e. The predicted molar refractivity (Wildman–Crippen MR) is 120 cm³/mol. The van der Waals surface area contributed by atoms with Crippen LogP contribution in [0.4, 0.5) is 0 Å². The second-order valence-electron chi connectivity index (χ2n) is 10.8. The molecular formula is C25H34N4O2. The third-order valence-corrected chi connectivity index (χ3v) is 7.93. The zero-order valence-corrected chi connectivity index (χ0v) is 18.8. The predicted octanol–water partition coefficient (Wildman–Crippen LogP) is 4.10. The topological polar surface area (TPSA) is 86.9 Å². The van der Waals surface area contributed by atoms with Crippen molar-refractivity contribution in [2.45, 2.75) is 71.4 Å². The van der Waals surface area contributed by atoms with E-state index in [4.69, 9.17) is 0 Å². The molecule has 0 aliphatic heterocycles. The standard InChI is InChI=1S/C25H34N4O2/c1-14(2)21(23(30)26-15(3)22-27-19-6-4-5-7-20(19)28-22)29-24(31)25-11-16-8-17(12-25)10-18(9-16)13-25/h4-7,14-18,21H,8-13H2,1-3H3,(H,26,30)(H,27,28)(H,29,31). The number of benzene rings is 1. The number of carbonyl (C=O) groups is 2. The van der Waals surface area contributed by atoms with Crippen molar-refractivity contribution in [3.8, 4) is 0 Å². The molecule has 0 radical (unpaired) electrons. The number of nitrogens with zero attached hydrogens (tertiary/aromatic N) is 1. The van der Waals surface area contributed by atoms with E-state index in [9.17, 15) is 9.59 Å². The van der Waals surface area contributed by atoms with Crippen molar-refractivity contribution in [1.82, 2.24) is 20.6 Å². The maximum atomic E-state index is 13.5. The molecule has 6 nitrogen and oxygen atoms in total. The number of rotatable bonds is 6. The molecule has 2 atom stereocenters. The molecule has 166 valence electrons. The van der Waals surface area contributed by atoms with Gasteiger partial charge in [-0.25, -0.2) is 4.98 Å². The normalized spacial score (nSPS) is 31.0. The van der Waals surface area contributed by atoms with E-state index in [0.29, 0.717) is 17.8 Å². The van der Waals surface area contributed by atoms with Crippen LogP contribution in [0.3, 0.4) is 0 Å². The Hall–Kier alpha value is -2.37. The fourth-order valence-corrected chi connectivity index (χ4v) is 6.77. The van der Waals surface area contributed by atoms with Gasteiger partial charge >= 0.3 is 0 Å². The van der Waals surface area contributed by atoms with Gasteiger partial charge in [0.05, 0.1) is 17.1 Å². The zero-order valence-electron chi connectivity index (χ0n) is 18.8. The minimum Gasteiger partial charge on any atom is -0.345 e. The Bertz CT molecular complexity index is 926. The number of aromatic nitrogens is 2. The Morgan fingerprint density at radius 3 is 2.19 bits per heavy atom. The summed E-state index contributed by atoms with van der Waals surface area (Å²) in [5.41, 5.74) is 1.59. The Kier molecular flexibility index (Phi) is 5.06. The van der Waals surface area contributed by atoms with E-state index in [1.165, 1.54) is 19.3 Å². The molecule has 0 saturated heterocycles. The van der Waals surface area contributed by atoms with E-state index in [0.717, 1.165) is 36.1 Å². The molecule has 1 aromatic carbocycles. The summed E-state index contributed by atoms with van der Waals surface area (Å²) in [6.45, 7) is 5.92. The molecule has 4 bridgehead atoms. The molecule has 2 unspecified atom stereocenters. The molecule has 2 aromatic rings. The maximum absolute atomic E-state index is 13.5. The summed E-state index contributed by atoms with van der Waals surface area (Å²) < 4.78 is 0. The second-order valence-corrected chi connectivity index (χ2v) is 10.8. The second kappa shape index (κ2) is 7.64. The van der Waals surface area contributed by atoms with Crippen LogP contribution in [0, 0.1) is 29.1 Å². The molecule has 4 aliphatic rings. The first-order valence-corrected chi connectivity index (χ1v) is 11.9. The lowest BCUT2D eigenvalue weighted by molar-refractivity contribution is -0.149. The summed E-state index contributed by atoms with van der Waals surface area (Å²) in [6.07, 6.45) is 6.92. The van der Waals surface area contributed by atoms with Crippen molar-refractivity contribution in [3.63, 3.8) is 0 Å². The Morgan fingerprint density at radius 2 is 1.61 bits per heavy atom. The molecule has 3 N–H and O–H groups in total. The number of carbonyl (C=O) groups excluding carboxylic acids is 2. The van der Waals surface area contributed by atoms with Crippen LogP contribution < -0.4 is 10.6 Å². The molecule has 0 spiro atoms. The largest absolute Gasteiger partial charge is 0.345 e. The Morgan fingerprint density at radius 1 is 1.00 bits per heavy atom. The van der Waals surface area contributed by atoms with Gasteiger partial charge in [-0.15, -0.1) is 0 Å². The van der Waals surface area contributed by atoms with Gasteiger partial charge in [0.2, 0.25) is 11.8 Å². The number of para-hydroxylation sites is 2. The van der Waals surface area contributed by atoms with Gasteiger partial charge < -0.3 is 15.6 Å². The molecule has 6 rings (SSSR count). The van der Waals surface area contributed by atoms with Crippen LogP contribution >= 0.6 is 0 Å². The van der Waals surface area contributed by atoms with Gasteiger partial charge in [-0.3, -0.25) is 9.59 Å². The fraction of sp³-hybridized carbons (Fsp3) is 0.640. The van der Waals surface area contributed by atoms with Gasteiger partial charge in [0, 0.05) is 5.41 Å². The fourth-order valence-electron chi connectivity index (χ4n) is 6.77. The highest BCUT2D eigenvalue weighted by atomic mass is 16.2. The van der Waals surface area contributed by atoms with Gasteiger partial charge in [-0.2, -0.15) is 0 Å². The van der Waals surface area contributed by atoms with Gasteiger partial charge in [-0.1, -0.05) is 26.0 Å². The lowest BCUT2D eigenvalue weighted by Gasteiger charge is -2.55. The maximum Gasteiger partial charge on any atom is 0.243 e. The average Bonchev–Trinajstić information content (AvgIpc) is 3.15. The Labute approximate surface area is 184 Å². The molecule has 31 heavy (non-hydrogen) atoms. The monoisotopic (exact) mass is 422 g/mol. The molecule has 6 heteroatoms. The number of amides is 2. The Balaban J connectivity index is 1.28. The van der Waals surface area contributed by atoms with Crippen LogP contribution in [0.2, 0.25) is 0 Å². The molecular weight excluding hydrogens is 388 g/mol. The number of fused-ring (bicyclic) bond motifs is 1. The number of nitrogens with one attached hydrogen (secondary N) is 3. The zero-order chi connectivity index (χ0) is 21.8. The van der Waals surface area contributed by atoms with Gasteiger partial charge in [0.15, 0.2) is 0 Å². The first kappa shape index (κ1) is 20.5. The van der Waals surface area contributed by atoms with Crippen LogP contribution in [-0.4, -0.2) is 27.8 Å². The van der Waals surface area contributed by atoms with E-state index < -0.39 is 6.04 Å². The van der Waals surface area contributed by atoms with E-state index >= 15 is 0 Å². The third-order valence-electron chi connectivity index (χ3n) is 7.93. The summed E-state index contributed by atoms with van der Waals surface area (Å²) in [7, 11) is 0. The first-order valence-electron chi connectivity index (χ1n) is 11.9. The summed E-state index contributed by atoms with van der Waals surface area (Å²) in [6, 6.07) is 7.04. The van der Waals surface area contributed by atoms with Crippen molar-refractivity contribution in [1.29, 1.82) is 0 Å². The lowest BCUT2D eigenvalue weighted by Crippen LogP contribution is -2.58. The van der Waals surface area contributed by atoms with Crippen molar-refractivity contribution >= 4 is 22.8 Å². The van der Waals surface area contributed by atoms with Crippen molar-refractivity contribution in [2.75, 3.05) is 0 Å². The molecule has 4 aliphatic carbocycles. The quantitative estimate of drug-likeness (QED) is 0.655. The average molecular weight is 423 g/mol. The molecule has 2 amide bonds. The minimum absolute atomic E-state index is 0.0146. The summed E-state index contributed by atoms with van der Waals surface area (Å²) >= 11 is 0. The molecule has 1 heterocycles. The van der Waals surface area contributed by atoms with Crippen LogP contribution in [0.1, 0.15) is 71.2 Å². The van der Waals surface area contributed by atoms with Gasteiger partial charge in [-0.05, 0) is 81.3 Å². The number of hydrogen-bond donors (Lipinski definition) is 3. The molecule has 4 saturated carbocycles. The molecule has 1 aromatic heterocycles. The number of H-pyrrole nitrogens is 1. The van der Waals surface area contributed by atoms with Crippen LogP contribution in [-0.2, 0) is 9.59 Å². The third kappa shape index (κ3) is 3.74. The number of imidazole rings is 1. The van der Waals surface area contributed by atoms with Gasteiger partial charge in [0.25, 0.3) is 0 Å². The highest BCUT2D eigenvalue weighted by Crippen LogP contribution is 2.60. The van der Waals surface area contributed by atoms with Crippen LogP contribution in [0.15, 0.2) is 24.3 Å². The van der Waals surface area contributed by atoms with Crippen molar-refractivity contribution in [3.05, 3.63) is 30.1 Å². The summed E-state index contributed by atoms with van der Waals surface area (Å²) in [5, 5.41) is 6.25. The van der Waals surface area contributed by atoms with Crippen LogP contribution in [0.5, 0.6) is 0 Å². The lowest BCUT2D eigenvalue weighted by atomic mass is 9.49. The first-order chi connectivity index (χ1) is 14.8. The van der Waals surface area contributed by atoms with Crippen LogP contribution in [0.25, 0.3) is 11.0 Å². The van der Waals surface area contributed by atoms with E-state index in [1.54, 1.807) is 0 Å². The number of hydrogen-bond acceptors (Lipinski definition) is 3. The minimum atomic E-state index is -0.535. The van der Waals surface area contributed by atoms with Gasteiger partial charge in [0.1, 0.15) is 11.9 Å². The van der Waals surface area contributed by atoms with E-state index in [-0.39, 0.29) is 29.2 Å².